The molecule has 1 aromatic carbocycles. The fourth-order valence-electron chi connectivity index (χ4n) is 4.04. The zero-order chi connectivity index (χ0) is 22.0. The summed E-state index contributed by atoms with van der Waals surface area (Å²) in [5.41, 5.74) is 5.58. The molecular weight excluding hydrogens is 403 g/mol. The average molecular weight is 437 g/mol. The van der Waals surface area contributed by atoms with Gasteiger partial charge in [0.1, 0.15) is 0 Å². The summed E-state index contributed by atoms with van der Waals surface area (Å²) in [6, 6.07) is 6.40. The Morgan fingerprint density at radius 1 is 1.32 bits per heavy atom. The fraction of sp³-hybridized carbons (Fsp3) is 0.440. The molecule has 0 radical (unpaired) electrons. The van der Waals surface area contributed by atoms with Crippen LogP contribution in [0, 0.1) is 12.8 Å². The number of hydrogen-bond acceptors (Lipinski definition) is 4. The van der Waals surface area contributed by atoms with Crippen LogP contribution in [0.5, 0.6) is 0 Å². The number of fused-ring (bicyclic) bond motifs is 1. The topological polar surface area (TPSA) is 47.9 Å². The molecule has 31 heavy (non-hydrogen) atoms. The third-order valence-electron chi connectivity index (χ3n) is 6.47. The second kappa shape index (κ2) is 9.50. The van der Waals surface area contributed by atoms with Gasteiger partial charge in [0.15, 0.2) is 0 Å². The minimum Gasteiger partial charge on any atom is -0.368 e. The number of aryl methyl sites for hydroxylation is 1. The third-order valence-corrected chi connectivity index (χ3v) is 7.98. The van der Waals surface area contributed by atoms with Gasteiger partial charge < -0.3 is 15.1 Å². The van der Waals surface area contributed by atoms with Crippen LogP contribution in [0.25, 0.3) is 5.31 Å². The molecule has 0 aromatic heterocycles. The van der Waals surface area contributed by atoms with Gasteiger partial charge in [0.05, 0.1) is 17.2 Å². The minimum absolute atomic E-state index is 0.0668. The molecule has 5 nitrogen and oxygen atoms in total. The second-order valence-electron chi connectivity index (χ2n) is 8.61. The molecule has 3 aliphatic rings. The van der Waals surface area contributed by atoms with Crippen molar-refractivity contribution in [2.45, 2.75) is 39.9 Å². The average Bonchev–Trinajstić information content (AvgIpc) is 2.80. The monoisotopic (exact) mass is 436 g/mol. The van der Waals surface area contributed by atoms with Crippen LogP contribution in [0.1, 0.15) is 38.3 Å². The van der Waals surface area contributed by atoms with E-state index in [0.29, 0.717) is 14.5 Å². The van der Waals surface area contributed by atoms with Crippen molar-refractivity contribution in [2.75, 3.05) is 26.2 Å². The van der Waals surface area contributed by atoms with Gasteiger partial charge in [-0.1, -0.05) is 40.6 Å². The summed E-state index contributed by atoms with van der Waals surface area (Å²) in [5.74, 6) is 0.643. The second-order valence-corrected chi connectivity index (χ2v) is 10.0. The highest BCUT2D eigenvalue weighted by Gasteiger charge is 2.29. The zero-order valence-corrected chi connectivity index (χ0v) is 20.0. The van der Waals surface area contributed by atoms with E-state index in [0.717, 1.165) is 60.6 Å². The highest BCUT2D eigenvalue weighted by atomic mass is 31.1. The molecule has 4 rings (SSSR count). The van der Waals surface area contributed by atoms with E-state index in [2.05, 4.69) is 68.3 Å². The number of piperazine rings is 1. The van der Waals surface area contributed by atoms with Crippen LogP contribution in [-0.4, -0.2) is 53.4 Å². The van der Waals surface area contributed by atoms with Crippen molar-refractivity contribution in [1.29, 1.82) is 0 Å². The van der Waals surface area contributed by atoms with E-state index in [4.69, 9.17) is 4.99 Å². The van der Waals surface area contributed by atoms with E-state index in [1.54, 1.807) is 0 Å². The van der Waals surface area contributed by atoms with Gasteiger partial charge in [0, 0.05) is 44.2 Å². The Morgan fingerprint density at radius 2 is 2.10 bits per heavy atom. The zero-order valence-electron chi connectivity index (χ0n) is 19.0. The van der Waals surface area contributed by atoms with Crippen molar-refractivity contribution in [1.82, 2.24) is 15.1 Å². The van der Waals surface area contributed by atoms with Crippen LogP contribution >= 0.6 is 8.58 Å². The van der Waals surface area contributed by atoms with E-state index in [-0.39, 0.29) is 11.7 Å². The molecule has 1 N–H and O–H groups in total. The summed E-state index contributed by atoms with van der Waals surface area (Å²) in [4.78, 5) is 22.2. The molecular formula is C25H33N4OP. The number of hydrogen-bond donors (Lipinski definition) is 1. The number of benzene rings is 1. The van der Waals surface area contributed by atoms with Crippen molar-refractivity contribution in [3.63, 3.8) is 0 Å². The van der Waals surface area contributed by atoms with Crippen molar-refractivity contribution in [2.24, 2.45) is 10.9 Å². The number of aliphatic imine (C=N–C) groups is 1. The van der Waals surface area contributed by atoms with Crippen LogP contribution in [0.4, 0.5) is 5.69 Å². The molecule has 164 valence electrons. The predicted octanol–water partition coefficient (Wildman–Crippen LogP) is 4.64. The minimum atomic E-state index is 0.0668. The maximum absolute atomic E-state index is 13.0. The maximum atomic E-state index is 13.0. The molecule has 0 saturated carbocycles. The lowest BCUT2D eigenvalue weighted by Crippen LogP contribution is -2.44. The summed E-state index contributed by atoms with van der Waals surface area (Å²) in [5, 5.41) is 4.50. The van der Waals surface area contributed by atoms with Gasteiger partial charge in [0.25, 0.3) is 5.91 Å². The molecule has 3 aliphatic heterocycles. The van der Waals surface area contributed by atoms with Crippen molar-refractivity contribution < 1.29 is 4.79 Å². The normalized spacial score (nSPS) is 23.5. The summed E-state index contributed by atoms with van der Waals surface area (Å²) < 4.78 is 0. The quantitative estimate of drug-likeness (QED) is 0.541. The SMILES string of the molecule is CCC(C)C(C)=Nc1cc(C2=CC(=O)N3C=C(N4CCNCC4)C=CC3P2)ccc1C. The molecule has 0 bridgehead atoms. The van der Waals surface area contributed by atoms with E-state index in [9.17, 15) is 4.79 Å². The lowest BCUT2D eigenvalue weighted by molar-refractivity contribution is -0.123. The van der Waals surface area contributed by atoms with Crippen molar-refractivity contribution in [3.8, 4) is 0 Å². The van der Waals surface area contributed by atoms with Crippen LogP contribution in [0.15, 0.2) is 53.3 Å². The Kier molecular flexibility index (Phi) is 6.74. The molecule has 0 spiro atoms. The van der Waals surface area contributed by atoms with E-state index in [1.165, 1.54) is 5.56 Å². The van der Waals surface area contributed by atoms with Crippen molar-refractivity contribution >= 4 is 31.2 Å². The van der Waals surface area contributed by atoms with Gasteiger partial charge in [-0.25, -0.2) is 0 Å². The van der Waals surface area contributed by atoms with Crippen LogP contribution in [0.2, 0.25) is 0 Å². The van der Waals surface area contributed by atoms with E-state index < -0.39 is 0 Å². The number of amides is 1. The standard InChI is InChI=1S/C25H33N4OP/c1-5-17(2)19(4)27-22-14-20(7-6-18(22)3)23-15-24(30)29-16-21(8-9-25(29)31-23)28-12-10-26-11-13-28/h6-9,14-17,25-26,31H,5,10-13H2,1-4H3. The summed E-state index contributed by atoms with van der Waals surface area (Å²) in [7, 11) is 0.524. The Labute approximate surface area is 187 Å². The van der Waals surface area contributed by atoms with E-state index >= 15 is 0 Å². The Balaban J connectivity index is 1.57. The Morgan fingerprint density at radius 3 is 2.84 bits per heavy atom. The molecule has 3 unspecified atom stereocenters. The Hall–Kier alpha value is -2.23. The lowest BCUT2D eigenvalue weighted by atomic mass is 10.0. The summed E-state index contributed by atoms with van der Waals surface area (Å²) in [6.07, 6.45) is 9.33. The molecule has 3 atom stereocenters. The number of nitrogens with one attached hydrogen (secondary N) is 1. The third kappa shape index (κ3) is 4.83. The highest BCUT2D eigenvalue weighted by molar-refractivity contribution is 7.51. The van der Waals surface area contributed by atoms with Gasteiger partial charge in [0.2, 0.25) is 0 Å². The fourth-order valence-corrected chi connectivity index (χ4v) is 5.42. The first-order valence-electron chi connectivity index (χ1n) is 11.3. The molecule has 1 fully saturated rings. The maximum Gasteiger partial charge on any atom is 0.252 e. The number of allylic oxidation sites excluding steroid dienone is 1. The molecule has 3 heterocycles. The molecule has 6 heteroatoms. The van der Waals surface area contributed by atoms with Crippen LogP contribution < -0.4 is 5.32 Å². The smallest absolute Gasteiger partial charge is 0.252 e. The molecule has 0 aliphatic carbocycles. The first-order valence-corrected chi connectivity index (χ1v) is 12.4. The highest BCUT2D eigenvalue weighted by Crippen LogP contribution is 2.45. The number of carbonyl (C=O) groups excluding carboxylic acids is 1. The summed E-state index contributed by atoms with van der Waals surface area (Å²) >= 11 is 0. The Bertz CT molecular complexity index is 972. The lowest BCUT2D eigenvalue weighted by Gasteiger charge is -2.37. The van der Waals surface area contributed by atoms with Gasteiger partial charge in [-0.3, -0.25) is 9.79 Å². The van der Waals surface area contributed by atoms with Crippen molar-refractivity contribution in [3.05, 3.63) is 59.5 Å². The number of nitrogens with zero attached hydrogens (tertiary/aromatic N) is 3. The number of rotatable bonds is 5. The van der Waals surface area contributed by atoms with Crippen LogP contribution in [-0.2, 0) is 4.79 Å². The van der Waals surface area contributed by atoms with Gasteiger partial charge in [-0.05, 0) is 54.8 Å². The first kappa shape index (κ1) is 22.0. The molecule has 1 aromatic rings. The molecule has 1 amide bonds. The van der Waals surface area contributed by atoms with Gasteiger partial charge >= 0.3 is 0 Å². The van der Waals surface area contributed by atoms with E-state index in [1.807, 2.05) is 17.2 Å². The largest absolute Gasteiger partial charge is 0.368 e. The predicted molar refractivity (Wildman–Crippen MR) is 132 cm³/mol. The summed E-state index contributed by atoms with van der Waals surface area (Å²) in [6.45, 7) is 12.6. The molecule has 1 saturated heterocycles. The number of carbonyl (C=O) groups is 1. The first-order chi connectivity index (χ1) is 15.0. The van der Waals surface area contributed by atoms with Gasteiger partial charge in [-0.15, -0.1) is 0 Å². The van der Waals surface area contributed by atoms with Gasteiger partial charge in [-0.2, -0.15) is 0 Å². The van der Waals surface area contributed by atoms with Crippen LogP contribution in [0.3, 0.4) is 0 Å².